The first kappa shape index (κ1) is 19.7. The van der Waals surface area contributed by atoms with Crippen molar-refractivity contribution in [2.24, 2.45) is 13.0 Å². The minimum atomic E-state index is -0.442. The topological polar surface area (TPSA) is 102 Å². The highest BCUT2D eigenvalue weighted by molar-refractivity contribution is 7.99. The fourth-order valence-electron chi connectivity index (χ4n) is 3.79. The van der Waals surface area contributed by atoms with Gasteiger partial charge < -0.3 is 9.47 Å². The van der Waals surface area contributed by atoms with Crippen LogP contribution in [0.1, 0.15) is 26.2 Å². The second-order valence-corrected chi connectivity index (χ2v) is 8.54. The summed E-state index contributed by atoms with van der Waals surface area (Å²) in [5.41, 5.74) is 0.0701. The summed E-state index contributed by atoms with van der Waals surface area (Å²) in [7, 11) is 1.64. The van der Waals surface area contributed by atoms with E-state index in [1.807, 2.05) is 4.57 Å². The smallest absolute Gasteiger partial charge is 0.329 e. The molecule has 0 aliphatic carbocycles. The zero-order valence-corrected chi connectivity index (χ0v) is 17.5. The van der Waals surface area contributed by atoms with Gasteiger partial charge in [0.15, 0.2) is 16.3 Å². The summed E-state index contributed by atoms with van der Waals surface area (Å²) in [4.78, 5) is 42.5. The number of aromatic nitrogens is 6. The summed E-state index contributed by atoms with van der Waals surface area (Å²) in [6, 6.07) is 1.80. The molecule has 0 saturated carbocycles. The Labute approximate surface area is 172 Å². The molecule has 1 N–H and O–H groups in total. The normalized spacial score (nSPS) is 17.2. The molecule has 4 rings (SSSR count). The van der Waals surface area contributed by atoms with Crippen LogP contribution >= 0.6 is 11.8 Å². The van der Waals surface area contributed by atoms with Crippen molar-refractivity contribution in [2.45, 2.75) is 37.9 Å². The predicted octanol–water partition coefficient (Wildman–Crippen LogP) is 1.63. The van der Waals surface area contributed by atoms with Gasteiger partial charge in [0.1, 0.15) is 0 Å². The fraction of sp³-hybridized carbons (Fsp3) is 0.526. The summed E-state index contributed by atoms with van der Waals surface area (Å²) in [6.07, 6.45) is 6.58. The lowest BCUT2D eigenvalue weighted by Crippen LogP contribution is -2.36. The van der Waals surface area contributed by atoms with E-state index in [4.69, 9.17) is 4.98 Å². The second kappa shape index (κ2) is 8.40. The molecule has 1 aliphatic heterocycles. The van der Waals surface area contributed by atoms with Crippen LogP contribution in [0.2, 0.25) is 0 Å². The number of hydrogen-bond acceptors (Lipinski definition) is 7. The van der Waals surface area contributed by atoms with Crippen LogP contribution in [0.3, 0.4) is 0 Å². The number of H-pyrrole nitrogens is 1. The van der Waals surface area contributed by atoms with E-state index < -0.39 is 5.69 Å². The summed E-state index contributed by atoms with van der Waals surface area (Å²) >= 11 is 1.59. The van der Waals surface area contributed by atoms with Crippen LogP contribution in [0.25, 0.3) is 11.2 Å². The predicted molar refractivity (Wildman–Crippen MR) is 114 cm³/mol. The molecule has 1 fully saturated rings. The lowest BCUT2D eigenvalue weighted by molar-refractivity contribution is 0.438. The van der Waals surface area contributed by atoms with Gasteiger partial charge in [0, 0.05) is 44.8 Å². The highest BCUT2D eigenvalue weighted by Gasteiger charge is 2.24. The molecule has 0 unspecified atom stereocenters. The van der Waals surface area contributed by atoms with E-state index in [2.05, 4.69) is 26.8 Å². The first-order chi connectivity index (χ1) is 14.0. The molecule has 9 nitrogen and oxygen atoms in total. The largest absolute Gasteiger partial charge is 0.342 e. The van der Waals surface area contributed by atoms with Crippen LogP contribution in [-0.4, -0.2) is 47.9 Å². The standard InChI is InChI=1S/C19H25N7O2S/c1-13-6-3-9-25(12-13)18-22-15-14(16(27)23-19(28)24(15)2)26(18)10-5-11-29-17-20-7-4-8-21-17/h4,7-8,13H,3,5-6,9-12H2,1-2H3,(H,23,27,28)/t13-/m0/s1. The van der Waals surface area contributed by atoms with Crippen molar-refractivity contribution in [1.29, 1.82) is 0 Å². The number of aromatic amines is 1. The van der Waals surface area contributed by atoms with Gasteiger partial charge in [-0.25, -0.2) is 14.8 Å². The Morgan fingerprint density at radius 3 is 2.83 bits per heavy atom. The number of rotatable bonds is 6. The van der Waals surface area contributed by atoms with Crippen LogP contribution in [0.4, 0.5) is 5.95 Å². The molecule has 0 aromatic carbocycles. The number of thioether (sulfide) groups is 1. The van der Waals surface area contributed by atoms with Gasteiger partial charge in [-0.15, -0.1) is 0 Å². The molecular weight excluding hydrogens is 390 g/mol. The van der Waals surface area contributed by atoms with Crippen molar-refractivity contribution in [2.75, 3.05) is 23.7 Å². The third-order valence-corrected chi connectivity index (χ3v) is 6.19. The zero-order chi connectivity index (χ0) is 20.4. The number of piperidine rings is 1. The van der Waals surface area contributed by atoms with Crippen LogP contribution in [0.15, 0.2) is 33.2 Å². The molecule has 10 heteroatoms. The quantitative estimate of drug-likeness (QED) is 0.371. The van der Waals surface area contributed by atoms with Crippen molar-refractivity contribution in [3.8, 4) is 0 Å². The van der Waals surface area contributed by atoms with Gasteiger partial charge in [-0.2, -0.15) is 4.98 Å². The van der Waals surface area contributed by atoms with Gasteiger partial charge in [-0.3, -0.25) is 14.3 Å². The zero-order valence-electron chi connectivity index (χ0n) is 16.7. The van der Waals surface area contributed by atoms with Gasteiger partial charge in [0.25, 0.3) is 5.56 Å². The minimum absolute atomic E-state index is 0.383. The van der Waals surface area contributed by atoms with Gasteiger partial charge in [-0.1, -0.05) is 18.7 Å². The molecule has 4 heterocycles. The lowest BCUT2D eigenvalue weighted by atomic mass is 10.0. The van der Waals surface area contributed by atoms with Crippen molar-refractivity contribution in [1.82, 2.24) is 29.1 Å². The van der Waals surface area contributed by atoms with Gasteiger partial charge in [0.05, 0.1) is 0 Å². The molecular formula is C19H25N7O2S. The van der Waals surface area contributed by atoms with Crippen LogP contribution < -0.4 is 16.1 Å². The molecule has 1 saturated heterocycles. The van der Waals surface area contributed by atoms with Crippen LogP contribution in [0.5, 0.6) is 0 Å². The molecule has 29 heavy (non-hydrogen) atoms. The minimum Gasteiger partial charge on any atom is -0.342 e. The highest BCUT2D eigenvalue weighted by Crippen LogP contribution is 2.25. The molecule has 0 bridgehead atoms. The number of nitrogens with zero attached hydrogens (tertiary/aromatic N) is 6. The van der Waals surface area contributed by atoms with E-state index in [1.165, 1.54) is 11.0 Å². The van der Waals surface area contributed by atoms with E-state index >= 15 is 0 Å². The van der Waals surface area contributed by atoms with E-state index in [0.29, 0.717) is 23.6 Å². The van der Waals surface area contributed by atoms with Crippen molar-refractivity contribution in [3.05, 3.63) is 39.3 Å². The maximum absolute atomic E-state index is 12.6. The van der Waals surface area contributed by atoms with E-state index in [-0.39, 0.29) is 5.56 Å². The number of aryl methyl sites for hydroxylation is 2. The van der Waals surface area contributed by atoms with Gasteiger partial charge in [0.2, 0.25) is 5.95 Å². The highest BCUT2D eigenvalue weighted by atomic mass is 32.2. The maximum Gasteiger partial charge on any atom is 0.329 e. The number of fused-ring (bicyclic) bond motifs is 1. The van der Waals surface area contributed by atoms with E-state index in [9.17, 15) is 9.59 Å². The Morgan fingerprint density at radius 1 is 1.28 bits per heavy atom. The van der Waals surface area contributed by atoms with Crippen LogP contribution in [-0.2, 0) is 13.6 Å². The third kappa shape index (κ3) is 4.07. The first-order valence-electron chi connectivity index (χ1n) is 9.89. The Morgan fingerprint density at radius 2 is 2.07 bits per heavy atom. The molecule has 154 valence electrons. The SMILES string of the molecule is C[C@H]1CCCN(c2nc3c(c(=O)[nH]c(=O)n3C)n2CCCSc2ncccn2)C1. The average Bonchev–Trinajstić information content (AvgIpc) is 3.10. The molecule has 0 spiro atoms. The lowest BCUT2D eigenvalue weighted by Gasteiger charge is -2.32. The monoisotopic (exact) mass is 415 g/mol. The van der Waals surface area contributed by atoms with E-state index in [1.54, 1.807) is 37.3 Å². The van der Waals surface area contributed by atoms with E-state index in [0.717, 1.165) is 42.8 Å². The van der Waals surface area contributed by atoms with Crippen molar-refractivity contribution in [3.63, 3.8) is 0 Å². The van der Waals surface area contributed by atoms with Crippen molar-refractivity contribution < 1.29 is 0 Å². The Hall–Kier alpha value is -2.62. The third-order valence-electron chi connectivity index (χ3n) is 5.23. The Kier molecular flexibility index (Phi) is 5.70. The molecule has 0 amide bonds. The summed E-state index contributed by atoms with van der Waals surface area (Å²) in [5, 5.41) is 0.744. The van der Waals surface area contributed by atoms with Gasteiger partial charge in [-0.05, 0) is 31.2 Å². The average molecular weight is 416 g/mol. The summed E-state index contributed by atoms with van der Waals surface area (Å²) in [5.74, 6) is 2.17. The fourth-order valence-corrected chi connectivity index (χ4v) is 4.52. The summed E-state index contributed by atoms with van der Waals surface area (Å²) in [6.45, 7) is 4.68. The maximum atomic E-state index is 12.6. The number of hydrogen-bond donors (Lipinski definition) is 1. The molecule has 0 radical (unpaired) electrons. The number of imidazole rings is 1. The Bertz CT molecular complexity index is 1110. The second-order valence-electron chi connectivity index (χ2n) is 7.48. The van der Waals surface area contributed by atoms with Crippen LogP contribution in [0, 0.1) is 5.92 Å². The summed E-state index contributed by atoms with van der Waals surface area (Å²) < 4.78 is 3.38. The molecule has 3 aromatic heterocycles. The van der Waals surface area contributed by atoms with Gasteiger partial charge >= 0.3 is 5.69 Å². The first-order valence-corrected chi connectivity index (χ1v) is 10.9. The van der Waals surface area contributed by atoms with Crippen molar-refractivity contribution >= 4 is 28.9 Å². The molecule has 3 aromatic rings. The Balaban J connectivity index is 1.64. The molecule has 1 atom stereocenters. The molecule has 1 aliphatic rings. The number of anilines is 1. The number of nitrogens with one attached hydrogen (secondary N) is 1.